The minimum Gasteiger partial charge on any atom is -0.323 e. The van der Waals surface area contributed by atoms with E-state index in [2.05, 4.69) is 0 Å². The van der Waals surface area contributed by atoms with Crippen LogP contribution in [0.2, 0.25) is 0 Å². The Labute approximate surface area is 94.3 Å². The normalized spacial score (nSPS) is 14.9. The first-order valence-electron chi connectivity index (χ1n) is 5.31. The molecule has 0 bridgehead atoms. The third-order valence-electron chi connectivity index (χ3n) is 2.39. The topological polar surface area (TPSA) is 43.1 Å². The molecule has 2 atom stereocenters. The summed E-state index contributed by atoms with van der Waals surface area (Å²) in [6.07, 6.45) is 0.951. The summed E-state index contributed by atoms with van der Waals surface area (Å²) in [5.74, 6) is 1.32. The molecular weight excluding hydrogens is 206 g/mol. The number of benzene rings is 1. The molecule has 0 aliphatic heterocycles. The molecule has 2 unspecified atom stereocenters. The van der Waals surface area contributed by atoms with Gasteiger partial charge in [-0.3, -0.25) is 4.21 Å². The standard InChI is InChI=1S/C12H19NOS/c1-3-8-15(14)9-12(13)11-7-5-4-6-10(11)2/h4-7,12H,3,8-9,13H2,1-2H3. The second-order valence-corrected chi connectivity index (χ2v) is 5.39. The zero-order valence-electron chi connectivity index (χ0n) is 9.40. The second kappa shape index (κ2) is 6.03. The maximum absolute atomic E-state index is 11.6. The van der Waals surface area contributed by atoms with Crippen LogP contribution < -0.4 is 5.73 Å². The third kappa shape index (κ3) is 3.76. The first kappa shape index (κ1) is 12.4. The van der Waals surface area contributed by atoms with Gasteiger partial charge in [0.25, 0.3) is 0 Å². The quantitative estimate of drug-likeness (QED) is 0.834. The van der Waals surface area contributed by atoms with Crippen LogP contribution in [0.4, 0.5) is 0 Å². The smallest absolute Gasteiger partial charge is 0.0428 e. The zero-order chi connectivity index (χ0) is 11.3. The molecule has 2 N–H and O–H groups in total. The van der Waals surface area contributed by atoms with Gasteiger partial charge in [0.05, 0.1) is 0 Å². The minimum atomic E-state index is -0.784. The van der Waals surface area contributed by atoms with E-state index >= 15 is 0 Å². The molecule has 1 rings (SSSR count). The highest BCUT2D eigenvalue weighted by Crippen LogP contribution is 2.16. The molecule has 1 aromatic rings. The van der Waals surface area contributed by atoms with Crippen LogP contribution in [0.15, 0.2) is 24.3 Å². The summed E-state index contributed by atoms with van der Waals surface area (Å²) < 4.78 is 11.6. The van der Waals surface area contributed by atoms with E-state index < -0.39 is 10.8 Å². The van der Waals surface area contributed by atoms with Crippen LogP contribution in [-0.4, -0.2) is 15.7 Å². The van der Waals surface area contributed by atoms with E-state index in [1.54, 1.807) is 0 Å². The van der Waals surface area contributed by atoms with Crippen LogP contribution in [0.1, 0.15) is 30.5 Å². The van der Waals surface area contributed by atoms with Gasteiger partial charge >= 0.3 is 0 Å². The maximum Gasteiger partial charge on any atom is 0.0428 e. The highest BCUT2D eigenvalue weighted by Gasteiger charge is 2.11. The number of aryl methyl sites for hydroxylation is 1. The lowest BCUT2D eigenvalue weighted by Gasteiger charge is -2.13. The molecule has 1 aromatic carbocycles. The Bertz CT molecular complexity index is 338. The molecule has 0 aliphatic rings. The summed E-state index contributed by atoms with van der Waals surface area (Å²) in [5.41, 5.74) is 8.33. The van der Waals surface area contributed by atoms with Gasteiger partial charge in [-0.2, -0.15) is 0 Å². The molecule has 84 valence electrons. The van der Waals surface area contributed by atoms with Gasteiger partial charge in [-0.15, -0.1) is 0 Å². The van der Waals surface area contributed by atoms with Gasteiger partial charge in [-0.05, 0) is 24.5 Å². The fourth-order valence-electron chi connectivity index (χ4n) is 1.60. The van der Waals surface area contributed by atoms with Crippen molar-refractivity contribution >= 4 is 10.8 Å². The number of hydrogen-bond acceptors (Lipinski definition) is 2. The number of nitrogens with two attached hydrogens (primary N) is 1. The van der Waals surface area contributed by atoms with Gasteiger partial charge in [0.15, 0.2) is 0 Å². The van der Waals surface area contributed by atoms with Gasteiger partial charge in [0, 0.05) is 28.3 Å². The average Bonchev–Trinajstić information content (AvgIpc) is 2.18. The van der Waals surface area contributed by atoms with Crippen LogP contribution in [0.3, 0.4) is 0 Å². The first-order chi connectivity index (χ1) is 7.15. The van der Waals surface area contributed by atoms with Crippen molar-refractivity contribution in [2.45, 2.75) is 26.3 Å². The molecule has 0 radical (unpaired) electrons. The van der Waals surface area contributed by atoms with Crippen molar-refractivity contribution in [3.63, 3.8) is 0 Å². The minimum absolute atomic E-state index is 0.0985. The maximum atomic E-state index is 11.6. The highest BCUT2D eigenvalue weighted by molar-refractivity contribution is 7.85. The van der Waals surface area contributed by atoms with Gasteiger partial charge in [0.1, 0.15) is 0 Å². The molecule has 0 spiro atoms. The van der Waals surface area contributed by atoms with E-state index in [1.807, 2.05) is 38.1 Å². The lowest BCUT2D eigenvalue weighted by molar-refractivity contribution is 0.673. The fourth-order valence-corrected chi connectivity index (χ4v) is 2.81. The zero-order valence-corrected chi connectivity index (χ0v) is 10.2. The Balaban J connectivity index is 2.65. The Hall–Kier alpha value is -0.670. The predicted molar refractivity (Wildman–Crippen MR) is 66.3 cm³/mol. The van der Waals surface area contributed by atoms with Gasteiger partial charge in [-0.1, -0.05) is 31.2 Å². The molecule has 0 heterocycles. The van der Waals surface area contributed by atoms with Crippen molar-refractivity contribution in [1.29, 1.82) is 0 Å². The highest BCUT2D eigenvalue weighted by atomic mass is 32.2. The summed E-state index contributed by atoms with van der Waals surface area (Å²) in [6.45, 7) is 4.08. The summed E-state index contributed by atoms with van der Waals surface area (Å²) >= 11 is 0. The van der Waals surface area contributed by atoms with E-state index in [4.69, 9.17) is 5.73 Å². The van der Waals surface area contributed by atoms with Crippen LogP contribution in [-0.2, 0) is 10.8 Å². The fraction of sp³-hybridized carbons (Fsp3) is 0.500. The van der Waals surface area contributed by atoms with E-state index in [9.17, 15) is 4.21 Å². The number of hydrogen-bond donors (Lipinski definition) is 1. The van der Waals surface area contributed by atoms with Crippen LogP contribution in [0.5, 0.6) is 0 Å². The van der Waals surface area contributed by atoms with Crippen molar-refractivity contribution in [2.24, 2.45) is 5.73 Å². The monoisotopic (exact) mass is 225 g/mol. The van der Waals surface area contributed by atoms with E-state index in [-0.39, 0.29) is 6.04 Å². The Morgan fingerprint density at radius 3 is 2.67 bits per heavy atom. The molecule has 0 aromatic heterocycles. The Morgan fingerprint density at radius 1 is 1.40 bits per heavy atom. The van der Waals surface area contributed by atoms with E-state index in [0.29, 0.717) is 5.75 Å². The van der Waals surface area contributed by atoms with Crippen molar-refractivity contribution in [1.82, 2.24) is 0 Å². The van der Waals surface area contributed by atoms with Crippen molar-refractivity contribution in [2.75, 3.05) is 11.5 Å². The van der Waals surface area contributed by atoms with Crippen LogP contribution >= 0.6 is 0 Å². The average molecular weight is 225 g/mol. The van der Waals surface area contributed by atoms with Gasteiger partial charge in [-0.25, -0.2) is 0 Å². The summed E-state index contributed by atoms with van der Waals surface area (Å²) in [6, 6.07) is 7.93. The third-order valence-corrected chi connectivity index (χ3v) is 3.98. The molecule has 0 aliphatic carbocycles. The first-order valence-corrected chi connectivity index (χ1v) is 6.80. The summed E-state index contributed by atoms with van der Waals surface area (Å²) in [4.78, 5) is 0. The lowest BCUT2D eigenvalue weighted by atomic mass is 10.0. The summed E-state index contributed by atoms with van der Waals surface area (Å²) in [5, 5.41) is 0. The van der Waals surface area contributed by atoms with Crippen LogP contribution in [0, 0.1) is 6.92 Å². The van der Waals surface area contributed by atoms with E-state index in [0.717, 1.165) is 17.7 Å². The number of rotatable bonds is 5. The van der Waals surface area contributed by atoms with Crippen molar-refractivity contribution in [3.8, 4) is 0 Å². The van der Waals surface area contributed by atoms with Crippen LogP contribution in [0.25, 0.3) is 0 Å². The molecule has 0 saturated carbocycles. The molecule has 2 nitrogen and oxygen atoms in total. The Morgan fingerprint density at radius 2 is 2.07 bits per heavy atom. The molecule has 0 saturated heterocycles. The predicted octanol–water partition coefficient (Wildman–Crippen LogP) is 2.15. The molecule has 15 heavy (non-hydrogen) atoms. The lowest BCUT2D eigenvalue weighted by Crippen LogP contribution is -2.20. The van der Waals surface area contributed by atoms with Gasteiger partial charge in [0.2, 0.25) is 0 Å². The Kier molecular flexibility index (Phi) is 4.99. The molecule has 0 amide bonds. The van der Waals surface area contributed by atoms with Crippen molar-refractivity contribution in [3.05, 3.63) is 35.4 Å². The van der Waals surface area contributed by atoms with E-state index in [1.165, 1.54) is 5.56 Å². The molecule has 0 fully saturated rings. The largest absolute Gasteiger partial charge is 0.323 e. The SMILES string of the molecule is CCCS(=O)CC(N)c1ccccc1C. The van der Waals surface area contributed by atoms with Crippen molar-refractivity contribution < 1.29 is 4.21 Å². The molecular formula is C12H19NOS. The van der Waals surface area contributed by atoms with Gasteiger partial charge < -0.3 is 5.73 Å². The molecule has 3 heteroatoms. The summed E-state index contributed by atoms with van der Waals surface area (Å²) in [7, 11) is -0.784. The second-order valence-electron chi connectivity index (χ2n) is 3.77.